The van der Waals surface area contributed by atoms with Crippen molar-refractivity contribution in [3.63, 3.8) is 0 Å². The lowest BCUT2D eigenvalue weighted by Gasteiger charge is -2.26. The van der Waals surface area contributed by atoms with Crippen molar-refractivity contribution in [3.05, 3.63) is 59.7 Å². The number of hydrogen-bond donors (Lipinski definition) is 3. The van der Waals surface area contributed by atoms with Crippen LogP contribution in [0.1, 0.15) is 59.7 Å². The number of carbonyl (C=O) groups is 3. The van der Waals surface area contributed by atoms with E-state index in [-0.39, 0.29) is 24.3 Å². The molecule has 170 valence electrons. The summed E-state index contributed by atoms with van der Waals surface area (Å²) < 4.78 is 0. The van der Waals surface area contributed by atoms with Crippen molar-refractivity contribution in [2.45, 2.75) is 39.0 Å². The Kier molecular flexibility index (Phi) is 8.66. The second-order valence-electron chi connectivity index (χ2n) is 8.02. The number of hydrogen-bond acceptors (Lipinski definition) is 4. The molecule has 0 aromatic heterocycles. The lowest BCUT2D eigenvalue weighted by Crippen LogP contribution is -2.35. The number of carbonyl (C=O) groups excluding carboxylic acids is 3. The van der Waals surface area contributed by atoms with Crippen LogP contribution < -0.4 is 16.0 Å². The molecule has 3 rings (SSSR count). The Bertz CT molecular complexity index is 904. The third kappa shape index (κ3) is 6.83. The average molecular weight is 437 g/mol. The summed E-state index contributed by atoms with van der Waals surface area (Å²) in [6.07, 6.45) is 5.29. The van der Waals surface area contributed by atoms with Crippen molar-refractivity contribution < 1.29 is 14.4 Å². The maximum atomic E-state index is 12.5. The van der Waals surface area contributed by atoms with E-state index in [0.29, 0.717) is 23.4 Å². The number of unbranched alkanes of at least 4 members (excludes halogenated alkanes) is 1. The molecule has 2 aromatic carbocycles. The topological polar surface area (TPSA) is 90.5 Å². The highest BCUT2D eigenvalue weighted by Gasteiger charge is 2.18. The van der Waals surface area contributed by atoms with Gasteiger partial charge in [-0.2, -0.15) is 0 Å². The lowest BCUT2D eigenvalue weighted by atomic mass is 10.1. The van der Waals surface area contributed by atoms with Gasteiger partial charge in [0.2, 0.25) is 5.91 Å². The second-order valence-corrected chi connectivity index (χ2v) is 8.02. The quantitative estimate of drug-likeness (QED) is 0.520. The molecule has 0 bridgehead atoms. The molecule has 3 amide bonds. The molecule has 0 atom stereocenters. The maximum absolute atomic E-state index is 12.5. The summed E-state index contributed by atoms with van der Waals surface area (Å²) in [7, 11) is 0. The van der Waals surface area contributed by atoms with Gasteiger partial charge in [-0.05, 0) is 74.2 Å². The molecule has 7 nitrogen and oxygen atoms in total. The number of amides is 3. The third-order valence-corrected chi connectivity index (χ3v) is 5.47. The number of piperidine rings is 1. The fraction of sp³-hybridized carbons (Fsp3) is 0.400. The average Bonchev–Trinajstić information content (AvgIpc) is 2.84. The van der Waals surface area contributed by atoms with Crippen LogP contribution in [-0.2, 0) is 4.79 Å². The van der Waals surface area contributed by atoms with Crippen LogP contribution in [0.5, 0.6) is 0 Å². The van der Waals surface area contributed by atoms with Crippen LogP contribution in [0.3, 0.4) is 0 Å². The Morgan fingerprint density at radius 1 is 0.844 bits per heavy atom. The van der Waals surface area contributed by atoms with Crippen LogP contribution in [0.15, 0.2) is 48.5 Å². The zero-order chi connectivity index (χ0) is 22.8. The fourth-order valence-electron chi connectivity index (χ4n) is 3.58. The summed E-state index contributed by atoms with van der Waals surface area (Å²) in [5, 5.41) is 8.76. The first-order chi connectivity index (χ1) is 15.6. The van der Waals surface area contributed by atoms with Crippen molar-refractivity contribution in [1.29, 1.82) is 0 Å². The van der Waals surface area contributed by atoms with Gasteiger partial charge in [0.05, 0.1) is 6.54 Å². The van der Waals surface area contributed by atoms with E-state index in [1.54, 1.807) is 48.5 Å². The van der Waals surface area contributed by atoms with Crippen LogP contribution in [0.25, 0.3) is 0 Å². The predicted molar refractivity (Wildman–Crippen MR) is 127 cm³/mol. The lowest BCUT2D eigenvalue weighted by molar-refractivity contribution is -0.114. The first-order valence-corrected chi connectivity index (χ1v) is 11.4. The van der Waals surface area contributed by atoms with E-state index in [2.05, 4.69) is 22.9 Å². The standard InChI is InChI=1S/C25H32N4O3/c1-2-3-15-26-24(31)19-7-11-21(12-8-19)27-18-23(30)28-22-13-9-20(10-14-22)25(32)29-16-5-4-6-17-29/h7-14,27H,2-6,15-18H2,1H3,(H,26,31)(H,28,30). The summed E-state index contributed by atoms with van der Waals surface area (Å²) in [6.45, 7) is 4.47. The Morgan fingerprint density at radius 2 is 1.47 bits per heavy atom. The Morgan fingerprint density at radius 3 is 2.12 bits per heavy atom. The normalized spacial score (nSPS) is 13.3. The SMILES string of the molecule is CCCCNC(=O)c1ccc(NCC(=O)Nc2ccc(C(=O)N3CCCCC3)cc2)cc1. The van der Waals surface area contributed by atoms with Gasteiger partial charge in [-0.1, -0.05) is 13.3 Å². The van der Waals surface area contributed by atoms with E-state index < -0.39 is 0 Å². The number of nitrogens with one attached hydrogen (secondary N) is 3. The van der Waals surface area contributed by atoms with Gasteiger partial charge in [0.1, 0.15) is 0 Å². The molecule has 0 saturated carbocycles. The molecule has 1 aliphatic heterocycles. The van der Waals surface area contributed by atoms with Crippen molar-refractivity contribution in [3.8, 4) is 0 Å². The van der Waals surface area contributed by atoms with Gasteiger partial charge >= 0.3 is 0 Å². The minimum atomic E-state index is -0.193. The second kappa shape index (κ2) is 11.9. The monoisotopic (exact) mass is 436 g/mol. The van der Waals surface area contributed by atoms with E-state index in [1.165, 1.54) is 6.42 Å². The van der Waals surface area contributed by atoms with E-state index in [0.717, 1.165) is 44.5 Å². The van der Waals surface area contributed by atoms with Crippen molar-refractivity contribution in [2.24, 2.45) is 0 Å². The van der Waals surface area contributed by atoms with Gasteiger partial charge in [-0.15, -0.1) is 0 Å². The van der Waals surface area contributed by atoms with E-state index >= 15 is 0 Å². The van der Waals surface area contributed by atoms with Crippen molar-refractivity contribution in [1.82, 2.24) is 10.2 Å². The molecule has 1 fully saturated rings. The van der Waals surface area contributed by atoms with Crippen LogP contribution in [0.2, 0.25) is 0 Å². The van der Waals surface area contributed by atoms with E-state index in [4.69, 9.17) is 0 Å². The molecule has 0 radical (unpaired) electrons. The number of benzene rings is 2. The largest absolute Gasteiger partial charge is 0.376 e. The summed E-state index contributed by atoms with van der Waals surface area (Å²) in [5.41, 5.74) is 2.64. The summed E-state index contributed by atoms with van der Waals surface area (Å²) in [4.78, 5) is 38.7. The smallest absolute Gasteiger partial charge is 0.253 e. The van der Waals surface area contributed by atoms with Gasteiger partial charge in [0.25, 0.3) is 11.8 Å². The molecule has 0 spiro atoms. The van der Waals surface area contributed by atoms with Crippen molar-refractivity contribution in [2.75, 3.05) is 36.8 Å². The maximum Gasteiger partial charge on any atom is 0.253 e. The van der Waals surface area contributed by atoms with E-state index in [1.807, 2.05) is 4.90 Å². The minimum Gasteiger partial charge on any atom is -0.376 e. The third-order valence-electron chi connectivity index (χ3n) is 5.47. The van der Waals surface area contributed by atoms with Crippen molar-refractivity contribution >= 4 is 29.1 Å². The molecule has 3 N–H and O–H groups in total. The van der Waals surface area contributed by atoms with Gasteiger partial charge in [-0.3, -0.25) is 14.4 Å². The summed E-state index contributed by atoms with van der Waals surface area (Å²) >= 11 is 0. The highest BCUT2D eigenvalue weighted by molar-refractivity contribution is 5.97. The molecule has 1 heterocycles. The molecule has 0 aliphatic carbocycles. The van der Waals surface area contributed by atoms with Crippen LogP contribution in [-0.4, -0.2) is 48.8 Å². The zero-order valence-corrected chi connectivity index (χ0v) is 18.7. The Labute approximate surface area is 189 Å². The van der Waals surface area contributed by atoms with Crippen LogP contribution in [0, 0.1) is 0 Å². The number of likely N-dealkylation sites (tertiary alicyclic amines) is 1. The molecule has 2 aromatic rings. The first kappa shape index (κ1) is 23.3. The first-order valence-electron chi connectivity index (χ1n) is 11.4. The van der Waals surface area contributed by atoms with Gasteiger partial charge in [0, 0.05) is 42.1 Å². The van der Waals surface area contributed by atoms with E-state index in [9.17, 15) is 14.4 Å². The van der Waals surface area contributed by atoms with Crippen LogP contribution in [0.4, 0.5) is 11.4 Å². The fourth-order valence-corrected chi connectivity index (χ4v) is 3.58. The molecular formula is C25H32N4O3. The molecule has 0 unspecified atom stereocenters. The van der Waals surface area contributed by atoms with Gasteiger partial charge < -0.3 is 20.9 Å². The summed E-state index contributed by atoms with van der Waals surface area (Å²) in [6, 6.07) is 14.0. The Balaban J connectivity index is 1.44. The highest BCUT2D eigenvalue weighted by Crippen LogP contribution is 2.16. The molecular weight excluding hydrogens is 404 g/mol. The van der Waals surface area contributed by atoms with Gasteiger partial charge in [0.15, 0.2) is 0 Å². The number of nitrogens with zero attached hydrogens (tertiary/aromatic N) is 1. The molecule has 1 saturated heterocycles. The molecule has 32 heavy (non-hydrogen) atoms. The highest BCUT2D eigenvalue weighted by atomic mass is 16.2. The summed E-state index contributed by atoms with van der Waals surface area (Å²) in [5.74, 6) is -0.238. The molecule has 1 aliphatic rings. The predicted octanol–water partition coefficient (Wildman–Crippen LogP) is 3.89. The number of rotatable bonds is 9. The minimum absolute atomic E-state index is 0.0479. The Hall–Kier alpha value is -3.35. The molecule has 7 heteroatoms. The zero-order valence-electron chi connectivity index (χ0n) is 18.7. The van der Waals surface area contributed by atoms with Crippen LogP contribution >= 0.6 is 0 Å². The van der Waals surface area contributed by atoms with Gasteiger partial charge in [-0.25, -0.2) is 0 Å². The number of anilines is 2.